The molecule has 0 aromatic heterocycles. The first-order valence-corrected chi connectivity index (χ1v) is 6.31. The normalized spacial score (nSPS) is 21.8. The van der Waals surface area contributed by atoms with Crippen LogP contribution in [0.15, 0.2) is 18.2 Å². The maximum Gasteiger partial charge on any atom is 0.0991 e. The van der Waals surface area contributed by atoms with Gasteiger partial charge >= 0.3 is 0 Å². The summed E-state index contributed by atoms with van der Waals surface area (Å²) in [5.41, 5.74) is 3.60. The minimum absolute atomic E-state index is 0.204. The number of anilines is 1. The van der Waals surface area contributed by atoms with Crippen LogP contribution in [-0.2, 0) is 0 Å². The number of hydrogen-bond donors (Lipinski definition) is 0. The van der Waals surface area contributed by atoms with E-state index < -0.39 is 0 Å². The zero-order valence-corrected chi connectivity index (χ0v) is 11.1. The van der Waals surface area contributed by atoms with Crippen molar-refractivity contribution in [3.05, 3.63) is 29.3 Å². The van der Waals surface area contributed by atoms with E-state index in [4.69, 9.17) is 5.26 Å². The number of hydrogen-bond acceptors (Lipinski definition) is 2. The second kappa shape index (κ2) is 4.07. The molecule has 0 spiro atoms. The molecule has 0 aliphatic carbocycles. The SMILES string of the molecule is CCN1c2ccc(C#N)cc2[C@@H](C)CC1(C)C. The minimum Gasteiger partial charge on any atom is -0.366 e. The third-order valence-corrected chi connectivity index (χ3v) is 3.83. The van der Waals surface area contributed by atoms with Crippen LogP contribution in [-0.4, -0.2) is 12.1 Å². The predicted octanol–water partition coefficient (Wildman–Crippen LogP) is 3.67. The molecular formula is C15H20N2. The largest absolute Gasteiger partial charge is 0.366 e. The van der Waals surface area contributed by atoms with Crippen LogP contribution in [0.25, 0.3) is 0 Å². The van der Waals surface area contributed by atoms with Gasteiger partial charge in [0.1, 0.15) is 0 Å². The van der Waals surface area contributed by atoms with Crippen LogP contribution in [0.3, 0.4) is 0 Å². The van der Waals surface area contributed by atoms with E-state index in [0.717, 1.165) is 18.5 Å². The minimum atomic E-state index is 0.204. The lowest BCUT2D eigenvalue weighted by Gasteiger charge is -2.47. The molecule has 0 saturated heterocycles. The van der Waals surface area contributed by atoms with Gasteiger partial charge in [0.2, 0.25) is 0 Å². The lowest BCUT2D eigenvalue weighted by Crippen LogP contribution is -2.48. The van der Waals surface area contributed by atoms with E-state index in [9.17, 15) is 0 Å². The van der Waals surface area contributed by atoms with Gasteiger partial charge in [-0.1, -0.05) is 6.92 Å². The van der Waals surface area contributed by atoms with Gasteiger partial charge in [-0.25, -0.2) is 0 Å². The Morgan fingerprint density at radius 1 is 1.47 bits per heavy atom. The Bertz CT molecular complexity index is 468. The first kappa shape index (κ1) is 12.0. The van der Waals surface area contributed by atoms with Gasteiger partial charge in [-0.05, 0) is 56.9 Å². The van der Waals surface area contributed by atoms with Crippen LogP contribution < -0.4 is 4.90 Å². The molecular weight excluding hydrogens is 208 g/mol. The van der Waals surface area contributed by atoms with Gasteiger partial charge in [0, 0.05) is 17.8 Å². The summed E-state index contributed by atoms with van der Waals surface area (Å²) >= 11 is 0. The van der Waals surface area contributed by atoms with E-state index in [0.29, 0.717) is 5.92 Å². The number of nitrogens with zero attached hydrogens (tertiary/aromatic N) is 2. The van der Waals surface area contributed by atoms with Gasteiger partial charge in [0.05, 0.1) is 11.6 Å². The molecule has 2 nitrogen and oxygen atoms in total. The van der Waals surface area contributed by atoms with Crippen LogP contribution >= 0.6 is 0 Å². The highest BCUT2D eigenvalue weighted by Gasteiger charge is 2.35. The van der Waals surface area contributed by atoms with Gasteiger partial charge in [-0.3, -0.25) is 0 Å². The number of fused-ring (bicyclic) bond motifs is 1. The van der Waals surface area contributed by atoms with E-state index in [1.807, 2.05) is 6.07 Å². The second-order valence-corrected chi connectivity index (χ2v) is 5.55. The van der Waals surface area contributed by atoms with Gasteiger partial charge in [0.25, 0.3) is 0 Å². The third kappa shape index (κ3) is 1.91. The third-order valence-electron chi connectivity index (χ3n) is 3.83. The molecule has 1 aromatic rings. The highest BCUT2D eigenvalue weighted by molar-refractivity contribution is 5.61. The lowest BCUT2D eigenvalue weighted by atomic mass is 9.79. The molecule has 2 heteroatoms. The van der Waals surface area contributed by atoms with E-state index in [-0.39, 0.29) is 5.54 Å². The van der Waals surface area contributed by atoms with Crippen molar-refractivity contribution in [2.45, 2.75) is 45.6 Å². The molecule has 0 unspecified atom stereocenters. The van der Waals surface area contributed by atoms with E-state index in [1.165, 1.54) is 11.3 Å². The number of rotatable bonds is 1. The molecule has 17 heavy (non-hydrogen) atoms. The Balaban J connectivity index is 2.56. The molecule has 0 saturated carbocycles. The first-order chi connectivity index (χ1) is 7.99. The first-order valence-electron chi connectivity index (χ1n) is 6.31. The molecule has 1 aromatic carbocycles. The van der Waals surface area contributed by atoms with Crippen LogP contribution in [0.1, 0.15) is 51.2 Å². The summed E-state index contributed by atoms with van der Waals surface area (Å²) in [6.45, 7) is 10.1. The molecule has 1 aliphatic rings. The van der Waals surface area contributed by atoms with Crippen molar-refractivity contribution in [2.24, 2.45) is 0 Å². The summed E-state index contributed by atoms with van der Waals surface area (Å²) in [6.07, 6.45) is 1.14. The van der Waals surface area contributed by atoms with Crippen LogP contribution in [0.5, 0.6) is 0 Å². The molecule has 0 fully saturated rings. The van der Waals surface area contributed by atoms with Crippen molar-refractivity contribution in [3.63, 3.8) is 0 Å². The predicted molar refractivity (Wildman–Crippen MR) is 71.3 cm³/mol. The standard InChI is InChI=1S/C15H20N2/c1-5-17-14-7-6-12(10-16)8-13(14)11(2)9-15(17,3)4/h6-8,11H,5,9H2,1-4H3/t11-/m0/s1. The molecule has 0 N–H and O–H groups in total. The Hall–Kier alpha value is -1.49. The average Bonchev–Trinajstić information content (AvgIpc) is 2.28. The number of nitriles is 1. The zero-order valence-electron chi connectivity index (χ0n) is 11.1. The molecule has 90 valence electrons. The van der Waals surface area contributed by atoms with Crippen molar-refractivity contribution >= 4 is 5.69 Å². The second-order valence-electron chi connectivity index (χ2n) is 5.55. The van der Waals surface area contributed by atoms with E-state index >= 15 is 0 Å². The van der Waals surface area contributed by atoms with E-state index in [2.05, 4.69) is 50.8 Å². The highest BCUT2D eigenvalue weighted by Crippen LogP contribution is 2.43. The maximum absolute atomic E-state index is 8.99. The molecule has 0 amide bonds. The Morgan fingerprint density at radius 2 is 2.18 bits per heavy atom. The van der Waals surface area contributed by atoms with Crippen molar-refractivity contribution in [2.75, 3.05) is 11.4 Å². The summed E-state index contributed by atoms with van der Waals surface area (Å²) in [4.78, 5) is 2.45. The molecule has 1 heterocycles. The monoisotopic (exact) mass is 228 g/mol. The Kier molecular flexibility index (Phi) is 2.87. The fraction of sp³-hybridized carbons (Fsp3) is 0.533. The quantitative estimate of drug-likeness (QED) is 0.733. The molecule has 0 radical (unpaired) electrons. The highest BCUT2D eigenvalue weighted by atomic mass is 15.2. The van der Waals surface area contributed by atoms with Crippen molar-refractivity contribution in [1.29, 1.82) is 5.26 Å². The van der Waals surface area contributed by atoms with Crippen molar-refractivity contribution in [1.82, 2.24) is 0 Å². The fourth-order valence-electron chi connectivity index (χ4n) is 3.16. The summed E-state index contributed by atoms with van der Waals surface area (Å²) in [7, 11) is 0. The summed E-state index contributed by atoms with van der Waals surface area (Å²) in [6, 6.07) is 8.32. The zero-order chi connectivity index (χ0) is 12.6. The topological polar surface area (TPSA) is 27.0 Å². The fourth-order valence-corrected chi connectivity index (χ4v) is 3.16. The molecule has 0 bridgehead atoms. The van der Waals surface area contributed by atoms with Gasteiger partial charge < -0.3 is 4.90 Å². The van der Waals surface area contributed by atoms with Crippen LogP contribution in [0.2, 0.25) is 0 Å². The van der Waals surface area contributed by atoms with Gasteiger partial charge in [0.15, 0.2) is 0 Å². The van der Waals surface area contributed by atoms with E-state index in [1.54, 1.807) is 0 Å². The molecule has 2 rings (SSSR count). The molecule has 1 aliphatic heterocycles. The van der Waals surface area contributed by atoms with Crippen LogP contribution in [0, 0.1) is 11.3 Å². The Labute approximate surface area is 104 Å². The lowest BCUT2D eigenvalue weighted by molar-refractivity contribution is 0.381. The van der Waals surface area contributed by atoms with Crippen molar-refractivity contribution in [3.8, 4) is 6.07 Å². The summed E-state index contributed by atoms with van der Waals surface area (Å²) < 4.78 is 0. The van der Waals surface area contributed by atoms with Gasteiger partial charge in [-0.2, -0.15) is 5.26 Å². The molecule has 1 atom stereocenters. The van der Waals surface area contributed by atoms with Gasteiger partial charge in [-0.15, -0.1) is 0 Å². The summed E-state index contributed by atoms with van der Waals surface area (Å²) in [5, 5.41) is 8.99. The van der Waals surface area contributed by atoms with Crippen molar-refractivity contribution < 1.29 is 0 Å². The van der Waals surface area contributed by atoms with Crippen LogP contribution in [0.4, 0.5) is 5.69 Å². The Morgan fingerprint density at radius 3 is 2.76 bits per heavy atom. The summed E-state index contributed by atoms with van der Waals surface area (Å²) in [5.74, 6) is 0.524. The smallest absolute Gasteiger partial charge is 0.0991 e. The maximum atomic E-state index is 8.99. The average molecular weight is 228 g/mol. The number of benzene rings is 1.